The fourth-order valence-electron chi connectivity index (χ4n) is 1.52. The lowest BCUT2D eigenvalue weighted by Crippen LogP contribution is -2.01. The van der Waals surface area contributed by atoms with E-state index in [1.54, 1.807) is 6.92 Å². The maximum atomic E-state index is 8.82. The third kappa shape index (κ3) is 3.03. The Morgan fingerprint density at radius 2 is 2.11 bits per heavy atom. The minimum atomic E-state index is 0.451. The summed E-state index contributed by atoms with van der Waals surface area (Å²) in [4.78, 5) is 1.05. The number of halogens is 1. The van der Waals surface area contributed by atoms with Gasteiger partial charge >= 0.3 is 0 Å². The molecule has 0 unspecified atom stereocenters. The normalized spacial score (nSPS) is 11.6. The molecule has 0 radical (unpaired) electrons. The molecule has 0 saturated carbocycles. The SMILES string of the molecule is C/C(=N\O)c1ccccc1OCc1ccc(Cl)s1. The zero-order valence-electron chi connectivity index (χ0n) is 9.76. The summed E-state index contributed by atoms with van der Waals surface area (Å²) in [6, 6.07) is 11.2. The van der Waals surface area contributed by atoms with Crippen LogP contribution in [0, 0.1) is 0 Å². The second-order valence-electron chi connectivity index (χ2n) is 3.68. The Kier molecular flexibility index (Phi) is 4.23. The van der Waals surface area contributed by atoms with Gasteiger partial charge in [-0.2, -0.15) is 0 Å². The summed E-state index contributed by atoms with van der Waals surface area (Å²) in [5.74, 6) is 0.692. The highest BCUT2D eigenvalue weighted by Gasteiger charge is 2.07. The van der Waals surface area contributed by atoms with Crippen molar-refractivity contribution in [2.75, 3.05) is 0 Å². The van der Waals surface area contributed by atoms with E-state index in [4.69, 9.17) is 21.5 Å². The first-order valence-corrected chi connectivity index (χ1v) is 6.55. The highest BCUT2D eigenvalue weighted by atomic mass is 35.5. The van der Waals surface area contributed by atoms with Gasteiger partial charge in [0.2, 0.25) is 0 Å². The Morgan fingerprint density at radius 1 is 1.33 bits per heavy atom. The zero-order chi connectivity index (χ0) is 13.0. The smallest absolute Gasteiger partial charge is 0.129 e. The van der Waals surface area contributed by atoms with Gasteiger partial charge in [-0.25, -0.2) is 0 Å². The van der Waals surface area contributed by atoms with Crippen molar-refractivity contribution in [1.29, 1.82) is 0 Å². The Labute approximate surface area is 114 Å². The van der Waals surface area contributed by atoms with Crippen LogP contribution in [0.5, 0.6) is 5.75 Å². The Bertz CT molecular complexity index is 566. The highest BCUT2D eigenvalue weighted by molar-refractivity contribution is 7.16. The van der Waals surface area contributed by atoms with Crippen LogP contribution in [-0.4, -0.2) is 10.9 Å². The van der Waals surface area contributed by atoms with Crippen molar-refractivity contribution in [3.8, 4) is 5.75 Å². The predicted molar refractivity (Wildman–Crippen MR) is 74.1 cm³/mol. The molecule has 1 aromatic heterocycles. The van der Waals surface area contributed by atoms with Crippen LogP contribution in [0.15, 0.2) is 41.6 Å². The molecule has 0 aliphatic heterocycles. The van der Waals surface area contributed by atoms with Crippen LogP contribution < -0.4 is 4.74 Å². The van der Waals surface area contributed by atoms with E-state index in [9.17, 15) is 0 Å². The number of rotatable bonds is 4. The van der Waals surface area contributed by atoms with Gasteiger partial charge in [0.15, 0.2) is 0 Å². The standard InChI is InChI=1S/C13H12ClNO2S/c1-9(15-16)11-4-2-3-5-12(11)17-8-10-6-7-13(14)18-10/h2-7,16H,8H2,1H3/b15-9+. The number of hydrogen-bond donors (Lipinski definition) is 1. The summed E-state index contributed by atoms with van der Waals surface area (Å²) in [6.07, 6.45) is 0. The number of nitrogens with zero attached hydrogens (tertiary/aromatic N) is 1. The molecular weight excluding hydrogens is 270 g/mol. The molecule has 0 spiro atoms. The van der Waals surface area contributed by atoms with E-state index in [-0.39, 0.29) is 0 Å². The average Bonchev–Trinajstić information content (AvgIpc) is 2.81. The molecule has 1 heterocycles. The van der Waals surface area contributed by atoms with Crippen LogP contribution in [0.3, 0.4) is 0 Å². The summed E-state index contributed by atoms with van der Waals surface area (Å²) in [6.45, 7) is 2.18. The Morgan fingerprint density at radius 3 is 2.78 bits per heavy atom. The van der Waals surface area contributed by atoms with Crippen molar-refractivity contribution in [3.63, 3.8) is 0 Å². The summed E-state index contributed by atoms with van der Waals surface area (Å²) in [5.41, 5.74) is 1.30. The fourth-order valence-corrected chi connectivity index (χ4v) is 2.52. The number of ether oxygens (including phenoxy) is 1. The largest absolute Gasteiger partial charge is 0.487 e. The van der Waals surface area contributed by atoms with Gasteiger partial charge in [0.05, 0.1) is 10.0 Å². The maximum Gasteiger partial charge on any atom is 0.129 e. The van der Waals surface area contributed by atoms with Gasteiger partial charge in [0, 0.05) is 10.4 Å². The number of thiophene rings is 1. The van der Waals surface area contributed by atoms with E-state index in [2.05, 4.69) is 5.16 Å². The van der Waals surface area contributed by atoms with Gasteiger partial charge in [0.25, 0.3) is 0 Å². The Hall–Kier alpha value is -1.52. The van der Waals surface area contributed by atoms with Crippen molar-refractivity contribution >= 4 is 28.6 Å². The quantitative estimate of drug-likeness (QED) is 0.519. The van der Waals surface area contributed by atoms with E-state index in [1.165, 1.54) is 11.3 Å². The van der Waals surface area contributed by atoms with Crippen LogP contribution >= 0.6 is 22.9 Å². The number of hydrogen-bond acceptors (Lipinski definition) is 4. The topological polar surface area (TPSA) is 41.8 Å². The molecule has 18 heavy (non-hydrogen) atoms. The van der Waals surface area contributed by atoms with Crippen LogP contribution in [0.1, 0.15) is 17.4 Å². The molecule has 1 aromatic carbocycles. The molecule has 2 rings (SSSR count). The summed E-state index contributed by atoms with van der Waals surface area (Å²) >= 11 is 7.34. The molecule has 0 atom stereocenters. The van der Waals surface area contributed by atoms with Gasteiger partial charge in [0.1, 0.15) is 12.4 Å². The minimum absolute atomic E-state index is 0.451. The molecular formula is C13H12ClNO2S. The van der Waals surface area contributed by atoms with Crippen LogP contribution in [-0.2, 0) is 6.61 Å². The molecule has 94 valence electrons. The third-order valence-electron chi connectivity index (χ3n) is 2.43. The van der Waals surface area contributed by atoms with Crippen molar-refractivity contribution < 1.29 is 9.94 Å². The first kappa shape index (κ1) is 12.9. The van der Waals surface area contributed by atoms with Crippen molar-refractivity contribution in [2.45, 2.75) is 13.5 Å². The molecule has 2 aromatic rings. The minimum Gasteiger partial charge on any atom is -0.487 e. The molecule has 5 heteroatoms. The van der Waals surface area contributed by atoms with Crippen LogP contribution in [0.25, 0.3) is 0 Å². The molecule has 1 N–H and O–H groups in total. The molecule has 0 saturated heterocycles. The molecule has 0 bridgehead atoms. The van der Waals surface area contributed by atoms with Crippen molar-refractivity contribution in [1.82, 2.24) is 0 Å². The van der Waals surface area contributed by atoms with E-state index >= 15 is 0 Å². The lowest BCUT2D eigenvalue weighted by molar-refractivity contribution is 0.306. The predicted octanol–water partition coefficient (Wildman–Crippen LogP) is 4.18. The molecule has 3 nitrogen and oxygen atoms in total. The van der Waals surface area contributed by atoms with E-state index in [1.807, 2.05) is 36.4 Å². The van der Waals surface area contributed by atoms with Gasteiger partial charge in [-0.1, -0.05) is 28.9 Å². The second-order valence-corrected chi connectivity index (χ2v) is 5.48. The zero-order valence-corrected chi connectivity index (χ0v) is 11.3. The van der Waals surface area contributed by atoms with Crippen LogP contribution in [0.4, 0.5) is 0 Å². The van der Waals surface area contributed by atoms with Gasteiger partial charge in [-0.15, -0.1) is 11.3 Å². The van der Waals surface area contributed by atoms with Gasteiger partial charge in [-0.3, -0.25) is 0 Å². The monoisotopic (exact) mass is 281 g/mol. The summed E-state index contributed by atoms with van der Waals surface area (Å²) < 4.78 is 6.46. The van der Waals surface area contributed by atoms with E-state index in [0.29, 0.717) is 18.1 Å². The number of benzene rings is 1. The van der Waals surface area contributed by atoms with Crippen LogP contribution in [0.2, 0.25) is 4.34 Å². The van der Waals surface area contributed by atoms with Gasteiger partial charge in [-0.05, 0) is 31.2 Å². The first-order chi connectivity index (χ1) is 8.70. The first-order valence-electron chi connectivity index (χ1n) is 5.36. The van der Waals surface area contributed by atoms with Gasteiger partial charge < -0.3 is 9.94 Å². The number of oxime groups is 1. The maximum absolute atomic E-state index is 8.82. The lowest BCUT2D eigenvalue weighted by Gasteiger charge is -2.09. The fraction of sp³-hybridized carbons (Fsp3) is 0.154. The average molecular weight is 282 g/mol. The molecule has 0 aliphatic rings. The van der Waals surface area contributed by atoms with E-state index < -0.39 is 0 Å². The second kappa shape index (κ2) is 5.89. The summed E-state index contributed by atoms with van der Waals surface area (Å²) in [5, 5.41) is 12.0. The molecule has 0 fully saturated rings. The lowest BCUT2D eigenvalue weighted by atomic mass is 10.1. The number of para-hydroxylation sites is 1. The molecule has 0 aliphatic carbocycles. The Balaban J connectivity index is 2.14. The third-order valence-corrected chi connectivity index (χ3v) is 3.63. The van der Waals surface area contributed by atoms with Crippen molar-refractivity contribution in [3.05, 3.63) is 51.2 Å². The highest BCUT2D eigenvalue weighted by Crippen LogP contribution is 2.24. The summed E-state index contributed by atoms with van der Waals surface area (Å²) in [7, 11) is 0. The van der Waals surface area contributed by atoms with Crippen molar-refractivity contribution in [2.24, 2.45) is 5.16 Å². The van der Waals surface area contributed by atoms with E-state index in [0.717, 1.165) is 14.8 Å². The molecule has 0 amide bonds.